The number of carbonyl (C=O) groups is 1. The van der Waals surface area contributed by atoms with Gasteiger partial charge in [0.2, 0.25) is 5.91 Å². The molecule has 0 radical (unpaired) electrons. The lowest BCUT2D eigenvalue weighted by Gasteiger charge is -2.26. The molecule has 0 bridgehead atoms. The van der Waals surface area contributed by atoms with Crippen molar-refractivity contribution in [3.8, 4) is 5.75 Å². The van der Waals surface area contributed by atoms with Gasteiger partial charge in [0.15, 0.2) is 0 Å². The monoisotopic (exact) mass is 291 g/mol. The molecule has 1 aromatic rings. The number of hydrogen-bond donors (Lipinski definition) is 1. The second kappa shape index (κ2) is 6.84. The van der Waals surface area contributed by atoms with Crippen LogP contribution < -0.4 is 10.1 Å². The summed E-state index contributed by atoms with van der Waals surface area (Å²) in [5.74, 6) is 2.27. The molecule has 4 heteroatoms. The molecule has 1 heterocycles. The lowest BCUT2D eigenvalue weighted by molar-refractivity contribution is -0.116. The standard InChI is InChI=1S/C16H21NO2S/c1-11(2)10-19-13-4-5-14-12(6-7-20-3)8-16(18)17-15(14)9-13/h4-5,9,12H,1,6-8,10H2,2-3H3,(H,17,18). The Hall–Kier alpha value is -1.42. The zero-order valence-electron chi connectivity index (χ0n) is 12.1. The number of amides is 1. The van der Waals surface area contributed by atoms with Crippen molar-refractivity contribution in [2.45, 2.75) is 25.7 Å². The van der Waals surface area contributed by atoms with E-state index in [1.165, 1.54) is 5.56 Å². The lowest BCUT2D eigenvalue weighted by atomic mass is 9.88. The summed E-state index contributed by atoms with van der Waals surface area (Å²) in [6.07, 6.45) is 3.71. The third-order valence-electron chi connectivity index (χ3n) is 3.33. The van der Waals surface area contributed by atoms with Crippen molar-refractivity contribution >= 4 is 23.4 Å². The zero-order valence-corrected chi connectivity index (χ0v) is 12.9. The first kappa shape index (κ1) is 15.0. The highest BCUT2D eigenvalue weighted by Crippen LogP contribution is 2.37. The lowest BCUT2D eigenvalue weighted by Crippen LogP contribution is -2.23. The molecule has 1 atom stereocenters. The van der Waals surface area contributed by atoms with Gasteiger partial charge in [0.25, 0.3) is 0 Å². The first-order valence-corrected chi connectivity index (χ1v) is 8.19. The molecular formula is C16H21NO2S. The SMILES string of the molecule is C=C(C)COc1ccc2c(c1)NC(=O)CC2CCSC. The fourth-order valence-electron chi connectivity index (χ4n) is 2.35. The van der Waals surface area contributed by atoms with Gasteiger partial charge in [0, 0.05) is 18.2 Å². The first-order valence-electron chi connectivity index (χ1n) is 6.80. The molecule has 0 saturated carbocycles. The van der Waals surface area contributed by atoms with Gasteiger partial charge < -0.3 is 10.1 Å². The predicted molar refractivity (Wildman–Crippen MR) is 85.7 cm³/mol. The molecule has 0 fully saturated rings. The number of carbonyl (C=O) groups excluding carboxylic acids is 1. The van der Waals surface area contributed by atoms with E-state index < -0.39 is 0 Å². The average Bonchev–Trinajstić information content (AvgIpc) is 2.41. The molecule has 1 aromatic carbocycles. The Bertz CT molecular complexity index is 513. The van der Waals surface area contributed by atoms with E-state index in [-0.39, 0.29) is 5.91 Å². The fourth-order valence-corrected chi connectivity index (χ4v) is 2.87. The van der Waals surface area contributed by atoms with Crippen LogP contribution in [-0.2, 0) is 4.79 Å². The molecule has 3 nitrogen and oxygen atoms in total. The summed E-state index contributed by atoms with van der Waals surface area (Å²) >= 11 is 1.82. The van der Waals surface area contributed by atoms with Gasteiger partial charge in [-0.15, -0.1) is 0 Å². The third-order valence-corrected chi connectivity index (χ3v) is 3.97. The number of rotatable bonds is 6. The minimum absolute atomic E-state index is 0.0978. The van der Waals surface area contributed by atoms with Gasteiger partial charge in [-0.2, -0.15) is 11.8 Å². The Kier molecular flexibility index (Phi) is 5.12. The van der Waals surface area contributed by atoms with E-state index in [4.69, 9.17) is 4.74 Å². The second-order valence-corrected chi connectivity index (χ2v) is 6.21. The molecule has 0 saturated heterocycles. The van der Waals surface area contributed by atoms with Crippen molar-refractivity contribution < 1.29 is 9.53 Å². The normalized spacial score (nSPS) is 17.3. The summed E-state index contributed by atoms with van der Waals surface area (Å²) in [6.45, 7) is 6.25. The number of benzene rings is 1. The van der Waals surface area contributed by atoms with E-state index in [9.17, 15) is 4.79 Å². The van der Waals surface area contributed by atoms with Crippen LogP contribution in [0.5, 0.6) is 5.75 Å². The first-order chi connectivity index (χ1) is 9.60. The number of fused-ring (bicyclic) bond motifs is 1. The Morgan fingerprint density at radius 1 is 1.55 bits per heavy atom. The molecule has 1 unspecified atom stereocenters. The average molecular weight is 291 g/mol. The summed E-state index contributed by atoms with van der Waals surface area (Å²) in [7, 11) is 0. The highest BCUT2D eigenvalue weighted by Gasteiger charge is 2.24. The molecule has 20 heavy (non-hydrogen) atoms. The maximum atomic E-state index is 11.8. The van der Waals surface area contributed by atoms with Crippen LogP contribution in [0.25, 0.3) is 0 Å². The fraction of sp³-hybridized carbons (Fsp3) is 0.438. The van der Waals surface area contributed by atoms with E-state index >= 15 is 0 Å². The Morgan fingerprint density at radius 2 is 2.35 bits per heavy atom. The Labute approximate surface area is 124 Å². The van der Waals surface area contributed by atoms with Crippen molar-refractivity contribution in [2.24, 2.45) is 0 Å². The minimum Gasteiger partial charge on any atom is -0.489 e. The van der Waals surface area contributed by atoms with Crippen LogP contribution in [0.4, 0.5) is 5.69 Å². The molecule has 1 aliphatic heterocycles. The van der Waals surface area contributed by atoms with Gasteiger partial charge in [0.05, 0.1) is 0 Å². The number of ether oxygens (including phenoxy) is 1. The van der Waals surface area contributed by atoms with Crippen molar-refractivity contribution in [3.05, 3.63) is 35.9 Å². The molecule has 0 aliphatic carbocycles. The van der Waals surface area contributed by atoms with Crippen LogP contribution in [-0.4, -0.2) is 24.5 Å². The minimum atomic E-state index is 0.0978. The van der Waals surface area contributed by atoms with Gasteiger partial charge >= 0.3 is 0 Å². The van der Waals surface area contributed by atoms with Crippen LogP contribution in [0.15, 0.2) is 30.4 Å². The number of nitrogens with one attached hydrogen (secondary N) is 1. The van der Waals surface area contributed by atoms with Crippen molar-refractivity contribution in [1.29, 1.82) is 0 Å². The molecule has 108 valence electrons. The number of hydrogen-bond acceptors (Lipinski definition) is 3. The smallest absolute Gasteiger partial charge is 0.224 e. The van der Waals surface area contributed by atoms with Crippen LogP contribution in [0, 0.1) is 0 Å². The maximum absolute atomic E-state index is 11.8. The van der Waals surface area contributed by atoms with Gasteiger partial charge in [-0.25, -0.2) is 0 Å². The van der Waals surface area contributed by atoms with Gasteiger partial charge in [-0.1, -0.05) is 12.6 Å². The van der Waals surface area contributed by atoms with Crippen molar-refractivity contribution in [2.75, 3.05) is 23.9 Å². The maximum Gasteiger partial charge on any atom is 0.224 e. The van der Waals surface area contributed by atoms with Crippen LogP contribution in [0.3, 0.4) is 0 Å². The van der Waals surface area contributed by atoms with Crippen LogP contribution in [0.1, 0.15) is 31.2 Å². The highest BCUT2D eigenvalue weighted by atomic mass is 32.2. The number of anilines is 1. The summed E-state index contributed by atoms with van der Waals surface area (Å²) < 4.78 is 5.63. The molecule has 0 spiro atoms. The second-order valence-electron chi connectivity index (χ2n) is 5.23. The molecule has 1 amide bonds. The molecule has 1 N–H and O–H groups in total. The Morgan fingerprint density at radius 3 is 3.05 bits per heavy atom. The topological polar surface area (TPSA) is 38.3 Å². The van der Waals surface area contributed by atoms with E-state index in [0.29, 0.717) is 18.9 Å². The molecule has 0 aromatic heterocycles. The van der Waals surface area contributed by atoms with Crippen LogP contribution in [0.2, 0.25) is 0 Å². The van der Waals surface area contributed by atoms with E-state index in [2.05, 4.69) is 24.2 Å². The Balaban J connectivity index is 2.16. The van der Waals surface area contributed by atoms with Crippen molar-refractivity contribution in [3.63, 3.8) is 0 Å². The molecule has 1 aliphatic rings. The van der Waals surface area contributed by atoms with E-state index in [1.807, 2.05) is 30.8 Å². The molecule has 2 rings (SSSR count). The van der Waals surface area contributed by atoms with Crippen molar-refractivity contribution in [1.82, 2.24) is 0 Å². The van der Waals surface area contributed by atoms with E-state index in [0.717, 1.165) is 29.2 Å². The van der Waals surface area contributed by atoms with E-state index in [1.54, 1.807) is 0 Å². The van der Waals surface area contributed by atoms with Gasteiger partial charge in [-0.05, 0) is 48.5 Å². The summed E-state index contributed by atoms with van der Waals surface area (Å²) in [5, 5.41) is 2.95. The zero-order chi connectivity index (χ0) is 14.5. The summed E-state index contributed by atoms with van der Waals surface area (Å²) in [5.41, 5.74) is 3.09. The van der Waals surface area contributed by atoms with Gasteiger partial charge in [-0.3, -0.25) is 4.79 Å². The van der Waals surface area contributed by atoms with Gasteiger partial charge in [0.1, 0.15) is 12.4 Å². The highest BCUT2D eigenvalue weighted by molar-refractivity contribution is 7.98. The molecular weight excluding hydrogens is 270 g/mol. The summed E-state index contributed by atoms with van der Waals surface area (Å²) in [4.78, 5) is 11.8. The third kappa shape index (κ3) is 3.79. The largest absolute Gasteiger partial charge is 0.489 e. The number of thioether (sulfide) groups is 1. The quantitative estimate of drug-likeness (QED) is 0.810. The summed E-state index contributed by atoms with van der Waals surface area (Å²) in [6, 6.07) is 5.97. The predicted octanol–water partition coefficient (Wildman–Crippen LogP) is 3.82. The van der Waals surface area contributed by atoms with Crippen LogP contribution >= 0.6 is 11.8 Å².